The molecule has 4 rings (SSSR count). The number of carbonyl (C=O) groups excluding carboxylic acids is 1. The van der Waals surface area contributed by atoms with Crippen LogP contribution in [0.3, 0.4) is 0 Å². The lowest BCUT2D eigenvalue weighted by Gasteiger charge is -2.36. The number of pyridine rings is 1. The van der Waals surface area contributed by atoms with Crippen molar-refractivity contribution in [3.05, 3.63) is 60.3 Å². The second-order valence-electron chi connectivity index (χ2n) is 8.70. The van der Waals surface area contributed by atoms with Gasteiger partial charge in [0.1, 0.15) is 11.4 Å². The zero-order valence-electron chi connectivity index (χ0n) is 17.6. The van der Waals surface area contributed by atoms with Crippen LogP contribution in [0.15, 0.2) is 54.7 Å². The molecule has 0 spiro atoms. The van der Waals surface area contributed by atoms with Crippen LogP contribution in [0.1, 0.15) is 44.1 Å². The molecule has 1 aromatic heterocycles. The van der Waals surface area contributed by atoms with Crippen molar-refractivity contribution in [2.45, 2.75) is 56.5 Å². The normalized spacial score (nSPS) is 26.5. The van der Waals surface area contributed by atoms with E-state index in [1.165, 1.54) is 10.5 Å². The van der Waals surface area contributed by atoms with Gasteiger partial charge in [-0.05, 0) is 55.7 Å². The smallest absolute Gasteiger partial charge is 0.254 e. The number of hydrogen-bond donors (Lipinski definition) is 3. The fraction of sp³-hybridized carbons (Fsp3) is 0.458. The van der Waals surface area contributed by atoms with Crippen molar-refractivity contribution in [3.8, 4) is 0 Å². The van der Waals surface area contributed by atoms with Gasteiger partial charge in [-0.2, -0.15) is 0 Å². The fourth-order valence-corrected chi connectivity index (χ4v) is 4.96. The van der Waals surface area contributed by atoms with E-state index in [1.807, 2.05) is 42.6 Å². The van der Waals surface area contributed by atoms with Gasteiger partial charge in [-0.15, -0.1) is 0 Å². The lowest BCUT2D eigenvalue weighted by molar-refractivity contribution is -0.131. The van der Waals surface area contributed by atoms with Crippen molar-refractivity contribution in [3.63, 3.8) is 0 Å². The number of nitrogens with one attached hydrogen (secondary N) is 3. The van der Waals surface area contributed by atoms with Crippen LogP contribution in [0.5, 0.6) is 0 Å². The van der Waals surface area contributed by atoms with E-state index in [4.69, 9.17) is 5.41 Å². The van der Waals surface area contributed by atoms with Gasteiger partial charge in [-0.1, -0.05) is 49.2 Å². The summed E-state index contributed by atoms with van der Waals surface area (Å²) in [5, 5.41) is 15.0. The molecule has 1 aromatic carbocycles. The van der Waals surface area contributed by atoms with Crippen LogP contribution in [-0.2, 0) is 11.2 Å². The third kappa shape index (κ3) is 4.48. The largest absolute Gasteiger partial charge is 0.367 e. The highest BCUT2D eigenvalue weighted by Crippen LogP contribution is 2.36. The second kappa shape index (κ2) is 8.86. The summed E-state index contributed by atoms with van der Waals surface area (Å²) in [5.41, 5.74) is 0.546. The minimum absolute atomic E-state index is 0.0308. The Labute approximate surface area is 178 Å². The molecule has 1 saturated carbocycles. The molecule has 2 aliphatic rings. The zero-order valence-corrected chi connectivity index (χ0v) is 17.6. The number of benzene rings is 1. The van der Waals surface area contributed by atoms with Crippen molar-refractivity contribution in [1.82, 2.24) is 15.2 Å². The maximum Gasteiger partial charge on any atom is 0.254 e. The molecule has 1 aliphatic heterocycles. The Morgan fingerprint density at radius 2 is 2.00 bits per heavy atom. The highest BCUT2D eigenvalue weighted by atomic mass is 16.2. The lowest BCUT2D eigenvalue weighted by atomic mass is 9.75. The molecule has 3 atom stereocenters. The maximum atomic E-state index is 13.2. The van der Waals surface area contributed by atoms with Crippen LogP contribution in [0.4, 0.5) is 5.82 Å². The number of aromatic nitrogens is 1. The van der Waals surface area contributed by atoms with Crippen LogP contribution in [0.2, 0.25) is 0 Å². The van der Waals surface area contributed by atoms with Gasteiger partial charge in [-0.3, -0.25) is 15.1 Å². The molecule has 1 amide bonds. The van der Waals surface area contributed by atoms with Crippen LogP contribution in [-0.4, -0.2) is 40.4 Å². The third-order valence-electron chi connectivity index (χ3n) is 6.53. The van der Waals surface area contributed by atoms with E-state index in [-0.39, 0.29) is 11.9 Å². The molecular weight excluding hydrogens is 374 g/mol. The number of anilines is 1. The van der Waals surface area contributed by atoms with Gasteiger partial charge >= 0.3 is 0 Å². The Morgan fingerprint density at radius 1 is 1.20 bits per heavy atom. The Kier molecular flexibility index (Phi) is 6.02. The van der Waals surface area contributed by atoms with Gasteiger partial charge in [-0.25, -0.2) is 4.98 Å². The number of amides is 1. The summed E-state index contributed by atoms with van der Waals surface area (Å²) < 4.78 is 0. The molecule has 1 unspecified atom stereocenters. The molecule has 3 N–H and O–H groups in total. The molecular formula is C24H31N5O. The second-order valence-corrected chi connectivity index (χ2v) is 8.70. The first-order valence-corrected chi connectivity index (χ1v) is 10.9. The summed E-state index contributed by atoms with van der Waals surface area (Å²) in [6, 6.07) is 16.6. The topological polar surface area (TPSA) is 81.1 Å². The first-order chi connectivity index (χ1) is 14.6. The van der Waals surface area contributed by atoms with E-state index >= 15 is 0 Å². The number of nitrogens with zero attached hydrogens (tertiary/aromatic N) is 2. The van der Waals surface area contributed by atoms with Crippen LogP contribution >= 0.6 is 0 Å². The number of guanidine groups is 1. The van der Waals surface area contributed by atoms with Gasteiger partial charge < -0.3 is 10.6 Å². The predicted octanol–water partition coefficient (Wildman–Crippen LogP) is 3.81. The molecule has 1 saturated heterocycles. The number of carbonyl (C=O) groups is 1. The molecule has 6 nitrogen and oxygen atoms in total. The van der Waals surface area contributed by atoms with Gasteiger partial charge in [0.05, 0.1) is 0 Å². The molecule has 1 aliphatic carbocycles. The fourth-order valence-electron chi connectivity index (χ4n) is 4.96. The third-order valence-corrected chi connectivity index (χ3v) is 6.53. The van der Waals surface area contributed by atoms with Crippen LogP contribution in [0, 0.1) is 11.3 Å². The molecule has 30 heavy (non-hydrogen) atoms. The maximum absolute atomic E-state index is 13.2. The minimum atomic E-state index is -0.681. The molecule has 6 heteroatoms. The van der Waals surface area contributed by atoms with Gasteiger partial charge in [0.25, 0.3) is 5.91 Å². The lowest BCUT2D eigenvalue weighted by Crippen LogP contribution is -2.49. The molecule has 158 valence electrons. The monoisotopic (exact) mass is 405 g/mol. The van der Waals surface area contributed by atoms with E-state index in [0.29, 0.717) is 18.4 Å². The van der Waals surface area contributed by atoms with Gasteiger partial charge in [0, 0.05) is 19.3 Å². The number of likely N-dealkylation sites (N-methyl/N-ethyl adjacent to an activating group) is 1. The molecule has 2 aromatic rings. The Balaban J connectivity index is 1.46. The standard InChI is InChI=1S/C24H31N5O/c1-29-22(30)24(28-23(29)25,14-13-18-8-3-2-4-9-18)17-19-10-7-11-20(16-19)27-21-12-5-6-15-26-21/h2-6,8-9,12,15,19-20H,7,10-11,13-14,16-17H2,1H3,(H2,25,28)(H,26,27)/t19-,20?,24+/m0/s1. The van der Waals surface area contributed by atoms with E-state index in [1.54, 1.807) is 7.05 Å². The number of rotatable bonds is 7. The van der Waals surface area contributed by atoms with Gasteiger partial charge in [0.15, 0.2) is 5.96 Å². The average Bonchev–Trinajstić information content (AvgIpc) is 2.98. The van der Waals surface area contributed by atoms with Gasteiger partial charge in [0.2, 0.25) is 0 Å². The molecule has 0 bridgehead atoms. The molecule has 2 heterocycles. The minimum Gasteiger partial charge on any atom is -0.367 e. The quantitative estimate of drug-likeness (QED) is 0.654. The Bertz CT molecular complexity index is 872. The zero-order chi connectivity index (χ0) is 21.0. The highest BCUT2D eigenvalue weighted by Gasteiger charge is 2.49. The van der Waals surface area contributed by atoms with Crippen molar-refractivity contribution in [1.29, 1.82) is 5.41 Å². The molecule has 2 fully saturated rings. The summed E-state index contributed by atoms with van der Waals surface area (Å²) in [4.78, 5) is 19.1. The van der Waals surface area contributed by atoms with Crippen molar-refractivity contribution in [2.75, 3.05) is 12.4 Å². The van der Waals surface area contributed by atoms with Crippen molar-refractivity contribution >= 4 is 17.7 Å². The van der Waals surface area contributed by atoms with Crippen molar-refractivity contribution in [2.24, 2.45) is 5.92 Å². The van der Waals surface area contributed by atoms with Crippen LogP contribution < -0.4 is 10.6 Å². The Morgan fingerprint density at radius 3 is 2.70 bits per heavy atom. The Hall–Kier alpha value is -2.89. The predicted molar refractivity (Wildman–Crippen MR) is 119 cm³/mol. The number of aryl methyl sites for hydroxylation is 1. The summed E-state index contributed by atoms with van der Waals surface area (Å²) >= 11 is 0. The SMILES string of the molecule is CN1C(=N)N[C@](CCc2ccccc2)(C[C@H]2CCCC(Nc3ccccn3)C2)C1=O. The summed E-state index contributed by atoms with van der Waals surface area (Å²) in [7, 11) is 1.70. The highest BCUT2D eigenvalue weighted by molar-refractivity contribution is 6.07. The average molecular weight is 406 g/mol. The van der Waals surface area contributed by atoms with E-state index in [0.717, 1.165) is 44.3 Å². The first kappa shape index (κ1) is 20.4. The van der Waals surface area contributed by atoms with Crippen molar-refractivity contribution < 1.29 is 4.79 Å². The number of hydrogen-bond acceptors (Lipinski definition) is 4. The first-order valence-electron chi connectivity index (χ1n) is 10.9. The molecule has 0 radical (unpaired) electrons. The van der Waals surface area contributed by atoms with E-state index in [9.17, 15) is 4.79 Å². The van der Waals surface area contributed by atoms with Crippen LogP contribution in [0.25, 0.3) is 0 Å². The van der Waals surface area contributed by atoms with E-state index < -0.39 is 5.54 Å². The summed E-state index contributed by atoms with van der Waals surface area (Å²) in [6.45, 7) is 0. The summed E-state index contributed by atoms with van der Waals surface area (Å²) in [5.74, 6) is 1.60. The van der Waals surface area contributed by atoms with E-state index in [2.05, 4.69) is 27.8 Å². The summed E-state index contributed by atoms with van der Waals surface area (Å²) in [6.07, 6.45) is 8.53.